The molecule has 0 aliphatic carbocycles. The maximum absolute atomic E-state index is 11.9. The van der Waals surface area contributed by atoms with Gasteiger partial charge in [0.25, 0.3) is 0 Å². The van der Waals surface area contributed by atoms with Crippen molar-refractivity contribution >= 4 is 11.9 Å². The SMILES string of the molecule is CCCCc1cccc(CC(=O)OCOC(=O)Cc2ccccc2)c1. The number of ether oxygens (including phenoxy) is 2. The molecule has 0 fully saturated rings. The Morgan fingerprint density at radius 3 is 2.08 bits per heavy atom. The molecule has 0 bridgehead atoms. The quantitative estimate of drug-likeness (QED) is 0.514. The molecule has 132 valence electrons. The van der Waals surface area contributed by atoms with E-state index in [2.05, 4.69) is 13.0 Å². The number of aryl methyl sites for hydroxylation is 1. The minimum absolute atomic E-state index is 0.165. The molecular formula is C21H24O4. The van der Waals surface area contributed by atoms with Crippen molar-refractivity contribution in [1.82, 2.24) is 0 Å². The van der Waals surface area contributed by atoms with E-state index in [1.807, 2.05) is 48.5 Å². The minimum atomic E-state index is -0.416. The van der Waals surface area contributed by atoms with Gasteiger partial charge in [-0.15, -0.1) is 0 Å². The molecule has 0 radical (unpaired) electrons. The first-order valence-corrected chi connectivity index (χ1v) is 8.60. The van der Waals surface area contributed by atoms with E-state index >= 15 is 0 Å². The van der Waals surface area contributed by atoms with Crippen LogP contribution in [0.4, 0.5) is 0 Å². The van der Waals surface area contributed by atoms with Gasteiger partial charge in [0.15, 0.2) is 0 Å². The number of hydrogen-bond acceptors (Lipinski definition) is 4. The summed E-state index contributed by atoms with van der Waals surface area (Å²) in [5.74, 6) is -0.819. The highest BCUT2D eigenvalue weighted by Gasteiger charge is 2.08. The van der Waals surface area contributed by atoms with E-state index in [4.69, 9.17) is 9.47 Å². The van der Waals surface area contributed by atoms with Gasteiger partial charge in [0.05, 0.1) is 12.8 Å². The van der Waals surface area contributed by atoms with E-state index < -0.39 is 11.9 Å². The Balaban J connectivity index is 1.71. The largest absolute Gasteiger partial charge is 0.428 e. The number of rotatable bonds is 9. The van der Waals surface area contributed by atoms with E-state index in [0.29, 0.717) is 0 Å². The molecule has 0 aromatic heterocycles. The maximum Gasteiger partial charge on any atom is 0.313 e. The molecule has 2 aromatic carbocycles. The zero-order chi connectivity index (χ0) is 17.9. The monoisotopic (exact) mass is 340 g/mol. The Bertz CT molecular complexity index is 679. The Labute approximate surface area is 148 Å². The standard InChI is InChI=1S/C21H24O4/c1-2-3-8-17-11-7-12-19(13-17)15-21(23)25-16-24-20(22)14-18-9-5-4-6-10-18/h4-7,9-13H,2-3,8,14-16H2,1H3. The minimum Gasteiger partial charge on any atom is -0.428 e. The molecule has 0 aliphatic rings. The summed E-state index contributed by atoms with van der Waals surface area (Å²) in [6, 6.07) is 17.2. The Morgan fingerprint density at radius 2 is 1.40 bits per heavy atom. The maximum atomic E-state index is 11.9. The van der Waals surface area contributed by atoms with Gasteiger partial charge >= 0.3 is 11.9 Å². The zero-order valence-corrected chi connectivity index (χ0v) is 14.6. The highest BCUT2D eigenvalue weighted by molar-refractivity contribution is 5.74. The molecule has 0 spiro atoms. The number of carbonyl (C=O) groups excluding carboxylic acids is 2. The summed E-state index contributed by atoms with van der Waals surface area (Å²) in [4.78, 5) is 23.5. The van der Waals surface area contributed by atoms with Gasteiger partial charge in [-0.2, -0.15) is 0 Å². The number of unbranched alkanes of at least 4 members (excludes halogenated alkanes) is 1. The van der Waals surface area contributed by atoms with Crippen LogP contribution in [0.25, 0.3) is 0 Å². The molecular weight excluding hydrogens is 316 g/mol. The molecule has 25 heavy (non-hydrogen) atoms. The number of esters is 2. The number of carbonyl (C=O) groups is 2. The molecule has 0 unspecified atom stereocenters. The predicted octanol–water partition coefficient (Wildman–Crippen LogP) is 3.86. The number of benzene rings is 2. The molecule has 0 heterocycles. The normalized spacial score (nSPS) is 10.3. The highest BCUT2D eigenvalue weighted by Crippen LogP contribution is 2.10. The summed E-state index contributed by atoms with van der Waals surface area (Å²) in [7, 11) is 0. The van der Waals surface area contributed by atoms with Crippen molar-refractivity contribution in [3.63, 3.8) is 0 Å². The second kappa shape index (κ2) is 10.3. The lowest BCUT2D eigenvalue weighted by Gasteiger charge is -2.07. The lowest BCUT2D eigenvalue weighted by Crippen LogP contribution is -2.15. The second-order valence-electron chi connectivity index (χ2n) is 5.91. The number of hydrogen-bond donors (Lipinski definition) is 0. The first-order chi connectivity index (χ1) is 12.2. The van der Waals surface area contributed by atoms with Crippen LogP contribution < -0.4 is 0 Å². The third kappa shape index (κ3) is 7.21. The van der Waals surface area contributed by atoms with Gasteiger partial charge in [-0.05, 0) is 29.5 Å². The van der Waals surface area contributed by atoms with Crippen molar-refractivity contribution in [2.24, 2.45) is 0 Å². The van der Waals surface area contributed by atoms with E-state index in [1.165, 1.54) is 5.56 Å². The molecule has 4 heteroatoms. The summed E-state index contributed by atoms with van der Waals surface area (Å²) in [5.41, 5.74) is 3.00. The molecule has 4 nitrogen and oxygen atoms in total. The average molecular weight is 340 g/mol. The van der Waals surface area contributed by atoms with E-state index in [0.717, 1.165) is 30.4 Å². The molecule has 0 aliphatic heterocycles. The molecule has 0 N–H and O–H groups in total. The van der Waals surface area contributed by atoms with Gasteiger partial charge in [-0.25, -0.2) is 0 Å². The van der Waals surface area contributed by atoms with E-state index in [9.17, 15) is 9.59 Å². The lowest BCUT2D eigenvalue weighted by molar-refractivity contribution is -0.166. The summed E-state index contributed by atoms with van der Waals surface area (Å²) in [6.45, 7) is 1.81. The Hall–Kier alpha value is -2.62. The summed E-state index contributed by atoms with van der Waals surface area (Å²) in [5, 5.41) is 0. The summed E-state index contributed by atoms with van der Waals surface area (Å²) < 4.78 is 9.94. The van der Waals surface area contributed by atoms with Gasteiger partial charge in [-0.1, -0.05) is 67.9 Å². The molecule has 2 rings (SSSR count). The lowest BCUT2D eigenvalue weighted by atomic mass is 10.0. The van der Waals surface area contributed by atoms with Gasteiger partial charge in [-0.3, -0.25) is 9.59 Å². The third-order valence-electron chi connectivity index (χ3n) is 3.79. The van der Waals surface area contributed by atoms with Crippen molar-refractivity contribution < 1.29 is 19.1 Å². The van der Waals surface area contributed by atoms with Crippen molar-refractivity contribution in [2.45, 2.75) is 39.0 Å². The zero-order valence-electron chi connectivity index (χ0n) is 14.6. The third-order valence-corrected chi connectivity index (χ3v) is 3.79. The van der Waals surface area contributed by atoms with Crippen LogP contribution in [0.5, 0.6) is 0 Å². The average Bonchev–Trinajstić information content (AvgIpc) is 2.61. The van der Waals surface area contributed by atoms with Gasteiger partial charge in [0, 0.05) is 0 Å². The molecule has 0 amide bonds. The topological polar surface area (TPSA) is 52.6 Å². The predicted molar refractivity (Wildman–Crippen MR) is 96.0 cm³/mol. The van der Waals surface area contributed by atoms with Crippen LogP contribution in [0.15, 0.2) is 54.6 Å². The van der Waals surface area contributed by atoms with Crippen LogP contribution in [-0.2, 0) is 38.3 Å². The highest BCUT2D eigenvalue weighted by atomic mass is 16.7. The van der Waals surface area contributed by atoms with E-state index in [-0.39, 0.29) is 19.6 Å². The van der Waals surface area contributed by atoms with Gasteiger partial charge in [0.1, 0.15) is 0 Å². The van der Waals surface area contributed by atoms with E-state index in [1.54, 1.807) is 0 Å². The fourth-order valence-corrected chi connectivity index (χ4v) is 2.47. The summed E-state index contributed by atoms with van der Waals surface area (Å²) in [6.07, 6.45) is 3.62. The van der Waals surface area contributed by atoms with Crippen molar-refractivity contribution in [1.29, 1.82) is 0 Å². The van der Waals surface area contributed by atoms with Crippen LogP contribution in [0, 0.1) is 0 Å². The van der Waals surface area contributed by atoms with Crippen LogP contribution in [0.1, 0.15) is 36.5 Å². The van der Waals surface area contributed by atoms with Crippen LogP contribution >= 0.6 is 0 Å². The first kappa shape index (κ1) is 18.7. The fourth-order valence-electron chi connectivity index (χ4n) is 2.47. The van der Waals surface area contributed by atoms with Crippen molar-refractivity contribution in [3.05, 3.63) is 71.3 Å². The van der Waals surface area contributed by atoms with Crippen molar-refractivity contribution in [2.75, 3.05) is 6.79 Å². The van der Waals surface area contributed by atoms with Gasteiger partial charge in [0.2, 0.25) is 6.79 Å². The molecule has 2 aromatic rings. The van der Waals surface area contributed by atoms with Gasteiger partial charge < -0.3 is 9.47 Å². The van der Waals surface area contributed by atoms with Crippen LogP contribution in [0.2, 0.25) is 0 Å². The first-order valence-electron chi connectivity index (χ1n) is 8.60. The fraction of sp³-hybridized carbons (Fsp3) is 0.333. The molecule has 0 saturated carbocycles. The second-order valence-corrected chi connectivity index (χ2v) is 5.91. The smallest absolute Gasteiger partial charge is 0.313 e. The molecule has 0 saturated heterocycles. The van der Waals surface area contributed by atoms with Crippen molar-refractivity contribution in [3.8, 4) is 0 Å². The van der Waals surface area contributed by atoms with Crippen LogP contribution in [0.3, 0.4) is 0 Å². The Kier molecular flexibility index (Phi) is 7.70. The Morgan fingerprint density at radius 1 is 0.800 bits per heavy atom. The molecule has 0 atom stereocenters. The van der Waals surface area contributed by atoms with Crippen LogP contribution in [-0.4, -0.2) is 18.7 Å². The summed E-state index contributed by atoms with van der Waals surface area (Å²) >= 11 is 0.